The van der Waals surface area contributed by atoms with Gasteiger partial charge in [0.15, 0.2) is 5.16 Å². The first kappa shape index (κ1) is 15.1. The highest BCUT2D eigenvalue weighted by atomic mass is 32.2. The largest absolute Gasteiger partial charge is 0.497 e. The maximum atomic E-state index is 12.3. The van der Waals surface area contributed by atoms with E-state index in [9.17, 15) is 9.59 Å². The summed E-state index contributed by atoms with van der Waals surface area (Å²) in [5.74, 6) is 1.04. The molecule has 0 bridgehead atoms. The number of aryl methyl sites for hydroxylation is 1. The van der Waals surface area contributed by atoms with Crippen LogP contribution in [0.25, 0.3) is 0 Å². The Labute approximate surface area is 125 Å². The lowest BCUT2D eigenvalue weighted by molar-refractivity contribution is 0.108. The highest BCUT2D eigenvalue weighted by Gasteiger charge is 2.13. The van der Waals surface area contributed by atoms with Gasteiger partial charge in [0.1, 0.15) is 11.5 Å². The number of aromatic nitrogens is 2. The molecule has 0 aliphatic rings. The third-order valence-electron chi connectivity index (χ3n) is 2.62. The minimum Gasteiger partial charge on any atom is -0.497 e. The van der Waals surface area contributed by atoms with Gasteiger partial charge < -0.3 is 14.5 Å². The molecule has 0 amide bonds. The van der Waals surface area contributed by atoms with Crippen LogP contribution in [0.2, 0.25) is 0 Å². The van der Waals surface area contributed by atoms with Crippen LogP contribution in [0.4, 0.5) is 0 Å². The summed E-state index contributed by atoms with van der Waals surface area (Å²) in [4.78, 5) is 30.3. The van der Waals surface area contributed by atoms with Crippen molar-refractivity contribution >= 4 is 16.9 Å². The van der Waals surface area contributed by atoms with Gasteiger partial charge in [0.2, 0.25) is 5.12 Å². The van der Waals surface area contributed by atoms with E-state index in [1.165, 1.54) is 20.3 Å². The molecule has 21 heavy (non-hydrogen) atoms. The first-order valence-corrected chi connectivity index (χ1v) is 6.86. The average molecular weight is 306 g/mol. The quantitative estimate of drug-likeness (QED) is 0.687. The van der Waals surface area contributed by atoms with E-state index in [-0.39, 0.29) is 15.8 Å². The Morgan fingerprint density at radius 3 is 2.29 bits per heavy atom. The van der Waals surface area contributed by atoms with Crippen molar-refractivity contribution in [2.75, 3.05) is 14.2 Å². The van der Waals surface area contributed by atoms with Gasteiger partial charge in [-0.15, -0.1) is 0 Å². The van der Waals surface area contributed by atoms with Crippen LogP contribution in [0.5, 0.6) is 11.5 Å². The summed E-state index contributed by atoms with van der Waals surface area (Å²) in [6.07, 6.45) is 0. The van der Waals surface area contributed by atoms with Crippen molar-refractivity contribution in [3.8, 4) is 11.5 Å². The predicted molar refractivity (Wildman–Crippen MR) is 79.3 cm³/mol. The molecule has 0 fully saturated rings. The number of nitrogens with one attached hydrogen (secondary N) is 1. The van der Waals surface area contributed by atoms with Gasteiger partial charge in [0.05, 0.1) is 14.2 Å². The van der Waals surface area contributed by atoms with E-state index >= 15 is 0 Å². The molecule has 0 aliphatic heterocycles. The fraction of sp³-hybridized carbons (Fsp3) is 0.214. The maximum Gasteiger partial charge on any atom is 0.251 e. The highest BCUT2D eigenvalue weighted by molar-refractivity contribution is 8.14. The summed E-state index contributed by atoms with van der Waals surface area (Å²) in [6.45, 7) is 1.69. The van der Waals surface area contributed by atoms with E-state index in [1.54, 1.807) is 25.1 Å². The fourth-order valence-electron chi connectivity index (χ4n) is 1.67. The maximum absolute atomic E-state index is 12.3. The van der Waals surface area contributed by atoms with Gasteiger partial charge in [-0.2, -0.15) is 0 Å². The SMILES string of the molecule is COc1cc(OC)cc(C(=O)Sc2nc(C)cc(=O)[nH]2)c1. The Morgan fingerprint density at radius 1 is 1.14 bits per heavy atom. The number of carbonyl (C=O) groups excluding carboxylic acids is 1. The number of benzene rings is 1. The Balaban J connectivity index is 2.29. The molecule has 1 aromatic heterocycles. The molecule has 0 unspecified atom stereocenters. The fourth-order valence-corrected chi connectivity index (χ4v) is 2.42. The standard InChI is InChI=1S/C14H14N2O4S/c1-8-4-12(17)16-14(15-8)21-13(18)9-5-10(19-2)7-11(6-9)20-3/h4-7H,1-3H3,(H,15,16,17). The lowest BCUT2D eigenvalue weighted by atomic mass is 10.2. The van der Waals surface area contributed by atoms with Crippen molar-refractivity contribution in [3.05, 3.63) is 45.9 Å². The Bertz CT molecular complexity index is 705. The summed E-state index contributed by atoms with van der Waals surface area (Å²) in [5.41, 5.74) is 0.665. The van der Waals surface area contributed by atoms with Gasteiger partial charge >= 0.3 is 0 Å². The average Bonchev–Trinajstić information content (AvgIpc) is 2.45. The first-order valence-electron chi connectivity index (χ1n) is 6.05. The highest BCUT2D eigenvalue weighted by Crippen LogP contribution is 2.26. The van der Waals surface area contributed by atoms with Gasteiger partial charge in [-0.1, -0.05) is 0 Å². The summed E-state index contributed by atoms with van der Waals surface area (Å²) in [7, 11) is 3.02. The zero-order valence-electron chi connectivity index (χ0n) is 11.8. The van der Waals surface area contributed by atoms with Crippen molar-refractivity contribution in [2.45, 2.75) is 12.1 Å². The zero-order valence-corrected chi connectivity index (χ0v) is 12.6. The summed E-state index contributed by atoms with van der Waals surface area (Å²) >= 11 is 0.847. The molecule has 0 aliphatic carbocycles. The lowest BCUT2D eigenvalue weighted by Crippen LogP contribution is -2.09. The molecule has 0 radical (unpaired) electrons. The van der Waals surface area contributed by atoms with E-state index in [1.807, 2.05) is 0 Å². The molecule has 7 heteroatoms. The minimum absolute atomic E-state index is 0.256. The van der Waals surface area contributed by atoms with Crippen molar-refractivity contribution in [3.63, 3.8) is 0 Å². The molecule has 1 heterocycles. The minimum atomic E-state index is -0.291. The van der Waals surface area contributed by atoms with Crippen LogP contribution in [0.3, 0.4) is 0 Å². The van der Waals surface area contributed by atoms with E-state index in [0.717, 1.165) is 11.8 Å². The Kier molecular flexibility index (Phi) is 4.64. The second-order valence-electron chi connectivity index (χ2n) is 4.18. The van der Waals surface area contributed by atoms with Crippen molar-refractivity contribution < 1.29 is 14.3 Å². The number of nitrogens with zero attached hydrogens (tertiary/aromatic N) is 1. The van der Waals surface area contributed by atoms with Crippen LogP contribution in [0.1, 0.15) is 16.1 Å². The van der Waals surface area contributed by atoms with Crippen LogP contribution in [0, 0.1) is 6.92 Å². The number of methoxy groups -OCH3 is 2. The predicted octanol–water partition coefficient (Wildman–Crippen LogP) is 2.03. The van der Waals surface area contributed by atoms with Crippen molar-refractivity contribution in [1.82, 2.24) is 9.97 Å². The summed E-state index contributed by atoms with van der Waals surface area (Å²) < 4.78 is 10.2. The molecule has 0 saturated carbocycles. The van der Waals surface area contributed by atoms with Gasteiger partial charge in [-0.3, -0.25) is 9.59 Å². The Morgan fingerprint density at radius 2 is 1.76 bits per heavy atom. The summed E-state index contributed by atoms with van der Waals surface area (Å²) in [5, 5.41) is -0.00673. The molecule has 2 aromatic rings. The second kappa shape index (κ2) is 6.45. The van der Waals surface area contributed by atoms with Crippen molar-refractivity contribution in [1.29, 1.82) is 0 Å². The van der Waals surface area contributed by atoms with Crippen LogP contribution in [-0.4, -0.2) is 29.3 Å². The third-order valence-corrected chi connectivity index (χ3v) is 3.43. The molecule has 0 spiro atoms. The van der Waals surface area contributed by atoms with Gasteiger partial charge in [-0.05, 0) is 30.8 Å². The molecule has 0 saturated heterocycles. The third kappa shape index (κ3) is 3.85. The molecular weight excluding hydrogens is 292 g/mol. The van der Waals surface area contributed by atoms with Gasteiger partial charge in [-0.25, -0.2) is 4.98 Å². The van der Waals surface area contributed by atoms with E-state index < -0.39 is 0 Å². The number of aromatic amines is 1. The van der Waals surface area contributed by atoms with Crippen LogP contribution < -0.4 is 15.0 Å². The molecule has 0 atom stereocenters. The molecule has 2 rings (SSSR count). The number of rotatable bonds is 4. The first-order chi connectivity index (χ1) is 10.0. The molecule has 6 nitrogen and oxygen atoms in total. The second-order valence-corrected chi connectivity index (χ2v) is 5.14. The number of hydrogen-bond donors (Lipinski definition) is 1. The summed E-state index contributed by atoms with van der Waals surface area (Å²) in [6, 6.07) is 6.24. The lowest BCUT2D eigenvalue weighted by Gasteiger charge is -2.07. The van der Waals surface area contributed by atoms with Crippen LogP contribution in [0.15, 0.2) is 34.2 Å². The van der Waals surface area contributed by atoms with E-state index in [0.29, 0.717) is 22.8 Å². The number of hydrogen-bond acceptors (Lipinski definition) is 6. The normalized spacial score (nSPS) is 10.2. The van der Waals surface area contributed by atoms with Crippen LogP contribution >= 0.6 is 11.8 Å². The number of ether oxygens (including phenoxy) is 2. The number of thioether (sulfide) groups is 1. The molecule has 1 aromatic carbocycles. The molecule has 1 N–H and O–H groups in total. The van der Waals surface area contributed by atoms with Crippen molar-refractivity contribution in [2.24, 2.45) is 0 Å². The van der Waals surface area contributed by atoms with Gasteiger partial charge in [0, 0.05) is 23.4 Å². The smallest absolute Gasteiger partial charge is 0.251 e. The van der Waals surface area contributed by atoms with E-state index in [2.05, 4.69) is 9.97 Å². The number of carbonyl (C=O) groups is 1. The van der Waals surface area contributed by atoms with Gasteiger partial charge in [0.25, 0.3) is 5.56 Å². The van der Waals surface area contributed by atoms with E-state index in [4.69, 9.17) is 9.47 Å². The molecular formula is C14H14N2O4S. The zero-order chi connectivity index (χ0) is 15.4. The Hall–Kier alpha value is -2.28. The topological polar surface area (TPSA) is 81.3 Å². The number of H-pyrrole nitrogens is 1. The monoisotopic (exact) mass is 306 g/mol. The molecule has 110 valence electrons. The van der Waals surface area contributed by atoms with Crippen LogP contribution in [-0.2, 0) is 0 Å².